The Hall–Kier alpha value is -2.57. The van der Waals surface area contributed by atoms with Crippen molar-refractivity contribution in [3.8, 4) is 0 Å². The molecule has 0 atom stereocenters. The van der Waals surface area contributed by atoms with Crippen molar-refractivity contribution < 1.29 is 14.3 Å². The van der Waals surface area contributed by atoms with Gasteiger partial charge in [-0.1, -0.05) is 29.3 Å². The number of benzene rings is 1. The van der Waals surface area contributed by atoms with Gasteiger partial charge in [0, 0.05) is 42.0 Å². The molecule has 30 heavy (non-hydrogen) atoms. The predicted octanol–water partition coefficient (Wildman–Crippen LogP) is 4.68. The zero-order chi connectivity index (χ0) is 21.5. The molecule has 1 aliphatic heterocycles. The highest BCUT2D eigenvalue weighted by molar-refractivity contribution is 6.33. The lowest BCUT2D eigenvalue weighted by Crippen LogP contribution is -2.42. The molecule has 0 radical (unpaired) electrons. The monoisotopic (exact) mass is 447 g/mol. The maximum Gasteiger partial charge on any atom is 0.330 e. The Bertz CT molecular complexity index is 941. The molecule has 1 aliphatic rings. The lowest BCUT2D eigenvalue weighted by Gasteiger charge is -2.33. The summed E-state index contributed by atoms with van der Waals surface area (Å²) >= 11 is 12.3. The van der Waals surface area contributed by atoms with Gasteiger partial charge in [0.05, 0.1) is 11.6 Å². The second kappa shape index (κ2) is 10.5. The zero-order valence-electron chi connectivity index (χ0n) is 16.6. The first-order valence-electron chi connectivity index (χ1n) is 9.78. The fourth-order valence-corrected chi connectivity index (χ4v) is 3.65. The number of carbonyl (C=O) groups is 2. The topological polar surface area (TPSA) is 71.5 Å². The van der Waals surface area contributed by atoms with Crippen molar-refractivity contribution in [3.05, 3.63) is 63.8 Å². The number of pyridine rings is 1. The molecule has 0 bridgehead atoms. The standard InChI is InChI=1S/C22H23Cl2N3O3/c1-2-30-20(28)7-6-15-12-19(24)21(25-14-15)26-18-8-10-27(11-9-18)22(29)16-4-3-5-17(23)13-16/h3-7,12-14,18H,2,8-11H2,1H3,(H,25,26). The van der Waals surface area contributed by atoms with E-state index in [0.29, 0.717) is 46.7 Å². The number of esters is 1. The molecular formula is C22H23Cl2N3O3. The van der Waals surface area contributed by atoms with Crippen LogP contribution in [0.1, 0.15) is 35.7 Å². The molecule has 1 fully saturated rings. The highest BCUT2D eigenvalue weighted by Crippen LogP contribution is 2.24. The molecule has 0 spiro atoms. The number of piperidine rings is 1. The minimum absolute atomic E-state index is 0.00940. The number of nitrogens with zero attached hydrogens (tertiary/aromatic N) is 2. The minimum atomic E-state index is -0.407. The van der Waals surface area contributed by atoms with E-state index in [0.717, 1.165) is 12.8 Å². The number of carbonyl (C=O) groups excluding carboxylic acids is 2. The maximum absolute atomic E-state index is 12.6. The second-order valence-electron chi connectivity index (χ2n) is 6.91. The third kappa shape index (κ3) is 5.97. The van der Waals surface area contributed by atoms with Crippen LogP contribution in [0.15, 0.2) is 42.6 Å². The van der Waals surface area contributed by atoms with Crippen LogP contribution >= 0.6 is 23.2 Å². The van der Waals surface area contributed by atoms with Crippen molar-refractivity contribution in [2.45, 2.75) is 25.8 Å². The Morgan fingerprint density at radius 1 is 1.27 bits per heavy atom. The van der Waals surface area contributed by atoms with Crippen molar-refractivity contribution in [1.82, 2.24) is 9.88 Å². The molecule has 2 aromatic rings. The number of likely N-dealkylation sites (tertiary alicyclic amines) is 1. The van der Waals surface area contributed by atoms with Crippen molar-refractivity contribution in [2.75, 3.05) is 25.0 Å². The molecule has 1 N–H and O–H groups in total. The molecule has 2 heterocycles. The molecule has 1 saturated heterocycles. The van der Waals surface area contributed by atoms with Crippen molar-refractivity contribution >= 4 is 47.0 Å². The number of hydrogen-bond acceptors (Lipinski definition) is 5. The average Bonchev–Trinajstić information content (AvgIpc) is 2.74. The van der Waals surface area contributed by atoms with Gasteiger partial charge in [0.25, 0.3) is 5.91 Å². The van der Waals surface area contributed by atoms with Gasteiger partial charge >= 0.3 is 5.97 Å². The van der Waals surface area contributed by atoms with Gasteiger partial charge in [0.2, 0.25) is 0 Å². The SMILES string of the molecule is CCOC(=O)C=Cc1cnc(NC2CCN(C(=O)c3cccc(Cl)c3)CC2)c(Cl)c1. The molecule has 1 aromatic heterocycles. The van der Waals surface area contributed by atoms with Crippen LogP contribution in [0.3, 0.4) is 0 Å². The molecular weight excluding hydrogens is 425 g/mol. The molecule has 3 rings (SSSR count). The highest BCUT2D eigenvalue weighted by Gasteiger charge is 2.24. The number of anilines is 1. The van der Waals surface area contributed by atoms with Crippen LogP contribution in [0.2, 0.25) is 10.0 Å². The number of ether oxygens (including phenoxy) is 1. The smallest absolute Gasteiger partial charge is 0.330 e. The molecule has 8 heteroatoms. The van der Waals surface area contributed by atoms with Gasteiger partial charge in [-0.25, -0.2) is 9.78 Å². The quantitative estimate of drug-likeness (QED) is 0.513. The summed E-state index contributed by atoms with van der Waals surface area (Å²) < 4.78 is 4.85. The summed E-state index contributed by atoms with van der Waals surface area (Å²) in [5.74, 6) is 0.171. The van der Waals surface area contributed by atoms with E-state index in [1.165, 1.54) is 6.08 Å². The Kier molecular flexibility index (Phi) is 7.71. The van der Waals surface area contributed by atoms with Crippen molar-refractivity contribution in [3.63, 3.8) is 0 Å². The van der Waals surface area contributed by atoms with E-state index in [2.05, 4.69) is 10.3 Å². The molecule has 1 amide bonds. The van der Waals surface area contributed by atoms with E-state index < -0.39 is 5.97 Å². The van der Waals surface area contributed by atoms with Crippen LogP contribution in [0, 0.1) is 0 Å². The van der Waals surface area contributed by atoms with Crippen LogP contribution < -0.4 is 5.32 Å². The first kappa shape index (κ1) is 22.1. The fraction of sp³-hybridized carbons (Fsp3) is 0.318. The van der Waals surface area contributed by atoms with E-state index in [9.17, 15) is 9.59 Å². The number of hydrogen-bond donors (Lipinski definition) is 1. The van der Waals surface area contributed by atoms with Gasteiger partial charge in [-0.15, -0.1) is 0 Å². The number of nitrogens with one attached hydrogen (secondary N) is 1. The molecule has 6 nitrogen and oxygen atoms in total. The van der Waals surface area contributed by atoms with Gasteiger partial charge in [-0.3, -0.25) is 4.79 Å². The van der Waals surface area contributed by atoms with Crippen LogP contribution in [-0.2, 0) is 9.53 Å². The number of rotatable bonds is 6. The number of aromatic nitrogens is 1. The third-order valence-corrected chi connectivity index (χ3v) is 5.28. The summed E-state index contributed by atoms with van der Waals surface area (Å²) in [5.41, 5.74) is 1.31. The Morgan fingerprint density at radius 2 is 2.03 bits per heavy atom. The average molecular weight is 448 g/mol. The van der Waals surface area contributed by atoms with Crippen molar-refractivity contribution in [2.24, 2.45) is 0 Å². The van der Waals surface area contributed by atoms with Crippen LogP contribution in [0.25, 0.3) is 6.08 Å². The summed E-state index contributed by atoms with van der Waals surface area (Å²) in [6, 6.07) is 8.91. The van der Waals surface area contributed by atoms with Crippen LogP contribution in [0.5, 0.6) is 0 Å². The summed E-state index contributed by atoms with van der Waals surface area (Å²) in [7, 11) is 0. The normalized spacial score (nSPS) is 14.7. The minimum Gasteiger partial charge on any atom is -0.463 e. The van der Waals surface area contributed by atoms with Gasteiger partial charge in [0.15, 0.2) is 0 Å². The van der Waals surface area contributed by atoms with E-state index in [1.807, 2.05) is 4.90 Å². The van der Waals surface area contributed by atoms with E-state index in [-0.39, 0.29) is 11.9 Å². The number of halogens is 2. The maximum atomic E-state index is 12.6. The predicted molar refractivity (Wildman–Crippen MR) is 119 cm³/mol. The molecule has 0 saturated carbocycles. The van der Waals surface area contributed by atoms with Crippen LogP contribution in [0.4, 0.5) is 5.82 Å². The summed E-state index contributed by atoms with van der Waals surface area (Å²) in [6.45, 7) is 3.36. The van der Waals surface area contributed by atoms with E-state index in [1.54, 1.807) is 49.5 Å². The number of amides is 1. The highest BCUT2D eigenvalue weighted by atomic mass is 35.5. The van der Waals surface area contributed by atoms with Crippen molar-refractivity contribution in [1.29, 1.82) is 0 Å². The summed E-state index contributed by atoms with van der Waals surface area (Å²) in [4.78, 5) is 30.2. The summed E-state index contributed by atoms with van der Waals surface area (Å²) in [5, 5.41) is 4.38. The van der Waals surface area contributed by atoms with Gasteiger partial charge in [-0.05, 0) is 55.7 Å². The molecule has 0 unspecified atom stereocenters. The summed E-state index contributed by atoms with van der Waals surface area (Å²) in [6.07, 6.45) is 6.17. The van der Waals surface area contributed by atoms with E-state index >= 15 is 0 Å². The molecule has 158 valence electrons. The Balaban J connectivity index is 1.54. The van der Waals surface area contributed by atoms with Gasteiger partial charge in [0.1, 0.15) is 5.82 Å². The van der Waals surface area contributed by atoms with Gasteiger partial charge < -0.3 is 15.0 Å². The molecule has 0 aliphatic carbocycles. The second-order valence-corrected chi connectivity index (χ2v) is 7.75. The lowest BCUT2D eigenvalue weighted by molar-refractivity contribution is -0.137. The molecule has 1 aromatic carbocycles. The van der Waals surface area contributed by atoms with Crippen LogP contribution in [-0.4, -0.2) is 47.5 Å². The first-order valence-corrected chi connectivity index (χ1v) is 10.5. The fourth-order valence-electron chi connectivity index (χ4n) is 3.23. The van der Waals surface area contributed by atoms with E-state index in [4.69, 9.17) is 27.9 Å². The zero-order valence-corrected chi connectivity index (χ0v) is 18.1. The Labute approximate surface area is 185 Å². The first-order chi connectivity index (χ1) is 14.5. The largest absolute Gasteiger partial charge is 0.463 e. The third-order valence-electron chi connectivity index (χ3n) is 4.76. The van der Waals surface area contributed by atoms with Gasteiger partial charge in [-0.2, -0.15) is 0 Å². The lowest BCUT2D eigenvalue weighted by atomic mass is 10.0. The Morgan fingerprint density at radius 3 is 2.70 bits per heavy atom.